The zero-order chi connectivity index (χ0) is 13.3. The van der Waals surface area contributed by atoms with E-state index in [-0.39, 0.29) is 5.54 Å². The van der Waals surface area contributed by atoms with Gasteiger partial charge in [0.15, 0.2) is 0 Å². The van der Waals surface area contributed by atoms with Crippen molar-refractivity contribution in [1.82, 2.24) is 0 Å². The minimum atomic E-state index is 0.121. The van der Waals surface area contributed by atoms with Crippen molar-refractivity contribution in [3.8, 4) is 0 Å². The highest BCUT2D eigenvalue weighted by Gasteiger charge is 2.37. The Morgan fingerprint density at radius 1 is 1.26 bits per heavy atom. The molecule has 2 N–H and O–H groups in total. The zero-order valence-electron chi connectivity index (χ0n) is 12.2. The van der Waals surface area contributed by atoms with Gasteiger partial charge in [0.25, 0.3) is 0 Å². The van der Waals surface area contributed by atoms with Crippen LogP contribution in [0.25, 0.3) is 0 Å². The quantitative estimate of drug-likeness (QED) is 0.853. The first-order valence-electron chi connectivity index (χ1n) is 8.07. The third-order valence-corrected chi connectivity index (χ3v) is 5.47. The number of rotatable bonds is 3. The molecule has 1 heteroatoms. The van der Waals surface area contributed by atoms with Gasteiger partial charge in [0.1, 0.15) is 0 Å². The Kier molecular flexibility index (Phi) is 3.66. The van der Waals surface area contributed by atoms with Crippen molar-refractivity contribution >= 4 is 0 Å². The Labute approximate surface area is 117 Å². The number of hydrogen-bond acceptors (Lipinski definition) is 1. The van der Waals surface area contributed by atoms with Crippen LogP contribution in [0.3, 0.4) is 0 Å². The van der Waals surface area contributed by atoms with Gasteiger partial charge in [-0.25, -0.2) is 0 Å². The summed E-state index contributed by atoms with van der Waals surface area (Å²) in [5.41, 5.74) is 10.0. The molecule has 0 heterocycles. The first kappa shape index (κ1) is 13.2. The van der Waals surface area contributed by atoms with E-state index < -0.39 is 0 Å². The SMILES string of the molecule is CCC1CCC(N)(CC2CCCc3ccccc32)C1. The maximum atomic E-state index is 6.71. The number of hydrogen-bond donors (Lipinski definition) is 1. The highest BCUT2D eigenvalue weighted by Crippen LogP contribution is 2.43. The van der Waals surface area contributed by atoms with Crippen LogP contribution in [0.2, 0.25) is 0 Å². The summed E-state index contributed by atoms with van der Waals surface area (Å²) in [6.45, 7) is 2.31. The molecular weight excluding hydrogens is 230 g/mol. The lowest BCUT2D eigenvalue weighted by atomic mass is 9.75. The van der Waals surface area contributed by atoms with E-state index in [1.54, 1.807) is 11.1 Å². The predicted octanol–water partition coefficient (Wildman–Crippen LogP) is 4.40. The third-order valence-electron chi connectivity index (χ3n) is 5.47. The molecule has 0 bridgehead atoms. The smallest absolute Gasteiger partial charge is 0.0162 e. The van der Waals surface area contributed by atoms with Gasteiger partial charge in [-0.05, 0) is 67.9 Å². The van der Waals surface area contributed by atoms with Crippen molar-refractivity contribution in [2.24, 2.45) is 11.7 Å². The first-order chi connectivity index (χ1) is 9.20. The van der Waals surface area contributed by atoms with Gasteiger partial charge in [0.2, 0.25) is 0 Å². The molecule has 1 fully saturated rings. The average Bonchev–Trinajstić information content (AvgIpc) is 2.81. The molecule has 2 aliphatic carbocycles. The maximum absolute atomic E-state index is 6.71. The standard InChI is InChI=1S/C18H27N/c1-2-14-10-11-18(19,12-14)13-16-8-5-7-15-6-3-4-9-17(15)16/h3-4,6,9,14,16H,2,5,7-8,10-13,19H2,1H3. The molecule has 0 amide bonds. The van der Waals surface area contributed by atoms with Crippen molar-refractivity contribution in [1.29, 1.82) is 0 Å². The molecule has 1 nitrogen and oxygen atoms in total. The van der Waals surface area contributed by atoms with Crippen LogP contribution in [0.1, 0.15) is 68.9 Å². The minimum Gasteiger partial charge on any atom is -0.325 e. The molecule has 1 aromatic carbocycles. The number of nitrogens with two attached hydrogens (primary N) is 1. The Bertz CT molecular complexity index is 439. The summed E-state index contributed by atoms with van der Waals surface area (Å²) in [5, 5.41) is 0. The topological polar surface area (TPSA) is 26.0 Å². The van der Waals surface area contributed by atoms with Crippen molar-refractivity contribution in [3.63, 3.8) is 0 Å². The molecule has 1 saturated carbocycles. The van der Waals surface area contributed by atoms with Crippen LogP contribution >= 0.6 is 0 Å². The molecule has 0 radical (unpaired) electrons. The van der Waals surface area contributed by atoms with Crippen molar-refractivity contribution in [2.45, 2.75) is 69.7 Å². The summed E-state index contributed by atoms with van der Waals surface area (Å²) in [5.74, 6) is 1.59. The van der Waals surface area contributed by atoms with Crippen LogP contribution in [0.4, 0.5) is 0 Å². The van der Waals surface area contributed by atoms with E-state index >= 15 is 0 Å². The summed E-state index contributed by atoms with van der Waals surface area (Å²) < 4.78 is 0. The Morgan fingerprint density at radius 3 is 2.89 bits per heavy atom. The second kappa shape index (κ2) is 5.28. The molecule has 19 heavy (non-hydrogen) atoms. The van der Waals surface area contributed by atoms with Gasteiger partial charge in [-0.3, -0.25) is 0 Å². The maximum Gasteiger partial charge on any atom is 0.0162 e. The van der Waals surface area contributed by atoms with Gasteiger partial charge < -0.3 is 5.73 Å². The summed E-state index contributed by atoms with van der Waals surface area (Å²) >= 11 is 0. The van der Waals surface area contributed by atoms with Crippen LogP contribution in [0.15, 0.2) is 24.3 Å². The number of benzene rings is 1. The monoisotopic (exact) mass is 257 g/mol. The lowest BCUT2D eigenvalue weighted by molar-refractivity contribution is 0.334. The first-order valence-corrected chi connectivity index (χ1v) is 8.07. The fourth-order valence-electron chi connectivity index (χ4n) is 4.36. The summed E-state index contributed by atoms with van der Waals surface area (Å²) in [6, 6.07) is 9.04. The fraction of sp³-hybridized carbons (Fsp3) is 0.667. The van der Waals surface area contributed by atoms with Crippen LogP contribution in [-0.4, -0.2) is 5.54 Å². The molecule has 3 unspecified atom stereocenters. The summed E-state index contributed by atoms with van der Waals surface area (Å²) in [6.07, 6.45) is 10.3. The van der Waals surface area contributed by atoms with E-state index in [1.165, 1.54) is 51.4 Å². The fourth-order valence-corrected chi connectivity index (χ4v) is 4.36. The summed E-state index contributed by atoms with van der Waals surface area (Å²) in [7, 11) is 0. The van der Waals surface area contributed by atoms with Crippen molar-refractivity contribution in [3.05, 3.63) is 35.4 Å². The molecule has 3 atom stereocenters. The van der Waals surface area contributed by atoms with E-state index in [1.807, 2.05) is 0 Å². The van der Waals surface area contributed by atoms with E-state index in [9.17, 15) is 0 Å². The van der Waals surface area contributed by atoms with Gasteiger partial charge in [0, 0.05) is 5.54 Å². The van der Waals surface area contributed by atoms with Crippen molar-refractivity contribution in [2.75, 3.05) is 0 Å². The lowest BCUT2D eigenvalue weighted by Crippen LogP contribution is -2.39. The Morgan fingerprint density at radius 2 is 2.11 bits per heavy atom. The zero-order valence-corrected chi connectivity index (χ0v) is 12.2. The highest BCUT2D eigenvalue weighted by molar-refractivity contribution is 5.33. The molecule has 0 saturated heterocycles. The van der Waals surface area contributed by atoms with Crippen LogP contribution < -0.4 is 5.73 Å². The van der Waals surface area contributed by atoms with Gasteiger partial charge >= 0.3 is 0 Å². The second-order valence-corrected chi connectivity index (χ2v) is 6.87. The molecule has 0 aromatic heterocycles. The molecule has 0 aliphatic heterocycles. The predicted molar refractivity (Wildman–Crippen MR) is 81.3 cm³/mol. The van der Waals surface area contributed by atoms with Crippen LogP contribution in [0.5, 0.6) is 0 Å². The van der Waals surface area contributed by atoms with Gasteiger partial charge in [-0.15, -0.1) is 0 Å². The Hall–Kier alpha value is -0.820. The van der Waals surface area contributed by atoms with Crippen molar-refractivity contribution < 1.29 is 0 Å². The molecular formula is C18H27N. The normalized spacial score (nSPS) is 34.2. The Balaban J connectivity index is 1.74. The molecule has 2 aliphatic rings. The average molecular weight is 257 g/mol. The van der Waals surface area contributed by atoms with E-state index in [2.05, 4.69) is 31.2 Å². The molecule has 104 valence electrons. The molecule has 1 aromatic rings. The molecule has 3 rings (SSSR count). The lowest BCUT2D eigenvalue weighted by Gasteiger charge is -2.33. The highest BCUT2D eigenvalue weighted by atomic mass is 14.8. The minimum absolute atomic E-state index is 0.121. The number of fused-ring (bicyclic) bond motifs is 1. The van der Waals surface area contributed by atoms with Gasteiger partial charge in [-0.2, -0.15) is 0 Å². The van der Waals surface area contributed by atoms with Gasteiger partial charge in [0.05, 0.1) is 0 Å². The van der Waals surface area contributed by atoms with Crippen LogP contribution in [-0.2, 0) is 6.42 Å². The van der Waals surface area contributed by atoms with E-state index in [0.29, 0.717) is 5.92 Å². The molecule has 0 spiro atoms. The van der Waals surface area contributed by atoms with E-state index in [0.717, 1.165) is 5.92 Å². The van der Waals surface area contributed by atoms with Crippen LogP contribution in [0, 0.1) is 5.92 Å². The second-order valence-electron chi connectivity index (χ2n) is 6.87. The largest absolute Gasteiger partial charge is 0.325 e. The van der Waals surface area contributed by atoms with E-state index in [4.69, 9.17) is 5.73 Å². The summed E-state index contributed by atoms with van der Waals surface area (Å²) in [4.78, 5) is 0. The third kappa shape index (κ3) is 2.72. The van der Waals surface area contributed by atoms with Gasteiger partial charge in [-0.1, -0.05) is 37.6 Å². The number of aryl methyl sites for hydroxylation is 1.